The first-order valence-electron chi connectivity index (χ1n) is 6.24. The van der Waals surface area contributed by atoms with Crippen LogP contribution in [0.15, 0.2) is 0 Å². The Morgan fingerprint density at radius 3 is 2.81 bits per heavy atom. The summed E-state index contributed by atoms with van der Waals surface area (Å²) in [6.07, 6.45) is 1.04. The Morgan fingerprint density at radius 2 is 2.25 bits per heavy atom. The molecule has 1 amide bonds. The van der Waals surface area contributed by atoms with Crippen molar-refractivity contribution in [3.05, 3.63) is 0 Å². The molecule has 1 aliphatic rings. The van der Waals surface area contributed by atoms with Crippen molar-refractivity contribution >= 4 is 5.91 Å². The molecule has 0 saturated carbocycles. The normalized spacial score (nSPS) is 27.9. The second-order valence-electron chi connectivity index (χ2n) is 5.09. The van der Waals surface area contributed by atoms with E-state index in [1.807, 2.05) is 7.05 Å². The Balaban J connectivity index is 2.77. The number of hydrogen-bond donors (Lipinski definition) is 2. The van der Waals surface area contributed by atoms with Crippen LogP contribution in [0.25, 0.3) is 0 Å². The molecule has 16 heavy (non-hydrogen) atoms. The van der Waals surface area contributed by atoms with E-state index in [4.69, 9.17) is 0 Å². The molecule has 2 atom stereocenters. The van der Waals surface area contributed by atoms with E-state index in [0.29, 0.717) is 12.0 Å². The first-order chi connectivity index (χ1) is 7.56. The zero-order valence-corrected chi connectivity index (χ0v) is 10.9. The lowest BCUT2D eigenvalue weighted by Crippen LogP contribution is -2.52. The van der Waals surface area contributed by atoms with Crippen LogP contribution in [0.3, 0.4) is 0 Å². The fourth-order valence-corrected chi connectivity index (χ4v) is 2.28. The number of amides is 1. The van der Waals surface area contributed by atoms with Gasteiger partial charge < -0.3 is 10.6 Å². The molecule has 0 aromatic carbocycles. The lowest BCUT2D eigenvalue weighted by Gasteiger charge is -2.34. The van der Waals surface area contributed by atoms with Crippen molar-refractivity contribution in [2.24, 2.45) is 5.92 Å². The van der Waals surface area contributed by atoms with Crippen molar-refractivity contribution in [3.63, 3.8) is 0 Å². The zero-order chi connectivity index (χ0) is 12.1. The summed E-state index contributed by atoms with van der Waals surface area (Å²) in [5, 5.41) is 6.11. The third-order valence-electron chi connectivity index (χ3n) is 3.10. The van der Waals surface area contributed by atoms with Crippen molar-refractivity contribution in [2.45, 2.75) is 39.3 Å². The maximum Gasteiger partial charge on any atom is 0.238 e. The van der Waals surface area contributed by atoms with Crippen molar-refractivity contribution in [2.75, 3.05) is 26.7 Å². The largest absolute Gasteiger partial charge is 0.355 e. The Labute approximate surface area is 98.8 Å². The highest BCUT2D eigenvalue weighted by atomic mass is 16.2. The van der Waals surface area contributed by atoms with Gasteiger partial charge in [0.1, 0.15) is 6.04 Å². The summed E-state index contributed by atoms with van der Waals surface area (Å²) in [6.45, 7) is 9.13. The number of likely N-dealkylation sites (N-methyl/N-ethyl adjacent to an activating group) is 1. The minimum atomic E-state index is -0.0232. The van der Waals surface area contributed by atoms with Gasteiger partial charge in [0, 0.05) is 25.7 Å². The predicted molar refractivity (Wildman–Crippen MR) is 66.3 cm³/mol. The summed E-state index contributed by atoms with van der Waals surface area (Å²) in [5.41, 5.74) is 0. The fraction of sp³-hybridized carbons (Fsp3) is 0.917. The van der Waals surface area contributed by atoms with E-state index in [1.165, 1.54) is 0 Å². The number of carbonyl (C=O) groups excluding carboxylic acids is 1. The molecule has 0 spiro atoms. The van der Waals surface area contributed by atoms with Crippen LogP contribution in [-0.2, 0) is 4.79 Å². The van der Waals surface area contributed by atoms with E-state index in [9.17, 15) is 4.79 Å². The Hall–Kier alpha value is -0.610. The van der Waals surface area contributed by atoms with Gasteiger partial charge in [-0.15, -0.1) is 0 Å². The Morgan fingerprint density at radius 1 is 1.56 bits per heavy atom. The molecule has 1 heterocycles. The smallest absolute Gasteiger partial charge is 0.238 e. The quantitative estimate of drug-likeness (QED) is 0.732. The predicted octanol–water partition coefficient (Wildman–Crippen LogP) is 0.441. The van der Waals surface area contributed by atoms with E-state index in [2.05, 4.69) is 36.3 Å². The number of rotatable bonds is 4. The van der Waals surface area contributed by atoms with Gasteiger partial charge in [-0.1, -0.05) is 13.8 Å². The van der Waals surface area contributed by atoms with Gasteiger partial charge >= 0.3 is 0 Å². The van der Waals surface area contributed by atoms with Gasteiger partial charge in [0.2, 0.25) is 5.91 Å². The SMILES string of the molecule is CNCC1C(=O)NCCC(C)N1CC(C)C. The summed E-state index contributed by atoms with van der Waals surface area (Å²) in [5.74, 6) is 0.757. The van der Waals surface area contributed by atoms with Gasteiger partial charge in [-0.3, -0.25) is 9.69 Å². The molecule has 0 bridgehead atoms. The maximum absolute atomic E-state index is 11.9. The van der Waals surface area contributed by atoms with E-state index in [1.54, 1.807) is 0 Å². The molecule has 0 aliphatic carbocycles. The molecule has 4 nitrogen and oxygen atoms in total. The molecule has 1 saturated heterocycles. The van der Waals surface area contributed by atoms with Gasteiger partial charge in [0.15, 0.2) is 0 Å². The molecule has 0 aromatic heterocycles. The number of hydrogen-bond acceptors (Lipinski definition) is 3. The summed E-state index contributed by atoms with van der Waals surface area (Å²) in [4.78, 5) is 14.3. The van der Waals surface area contributed by atoms with Gasteiger partial charge in [-0.25, -0.2) is 0 Å². The highest BCUT2D eigenvalue weighted by molar-refractivity contribution is 5.82. The van der Waals surface area contributed by atoms with Gasteiger partial charge in [0.05, 0.1) is 0 Å². The standard InChI is InChI=1S/C12H25N3O/c1-9(2)8-15-10(3)5-6-14-12(16)11(15)7-13-4/h9-11,13H,5-8H2,1-4H3,(H,14,16). The van der Waals surface area contributed by atoms with E-state index in [-0.39, 0.29) is 11.9 Å². The molecule has 1 fully saturated rings. The average molecular weight is 227 g/mol. The Kier molecular flexibility index (Phi) is 5.22. The summed E-state index contributed by atoms with van der Waals surface area (Å²) < 4.78 is 0. The van der Waals surface area contributed by atoms with Gasteiger partial charge in [0.25, 0.3) is 0 Å². The Bertz CT molecular complexity index is 230. The van der Waals surface area contributed by atoms with Gasteiger partial charge in [-0.2, -0.15) is 0 Å². The second kappa shape index (κ2) is 6.21. The van der Waals surface area contributed by atoms with E-state index >= 15 is 0 Å². The van der Waals surface area contributed by atoms with Gasteiger partial charge in [-0.05, 0) is 26.3 Å². The van der Waals surface area contributed by atoms with Crippen molar-refractivity contribution in [1.82, 2.24) is 15.5 Å². The lowest BCUT2D eigenvalue weighted by molar-refractivity contribution is -0.126. The highest BCUT2D eigenvalue weighted by Gasteiger charge is 2.31. The van der Waals surface area contributed by atoms with Crippen molar-refractivity contribution in [3.8, 4) is 0 Å². The monoisotopic (exact) mass is 227 g/mol. The average Bonchev–Trinajstić information content (AvgIpc) is 2.32. The van der Waals surface area contributed by atoms with Crippen LogP contribution in [-0.4, -0.2) is 49.6 Å². The van der Waals surface area contributed by atoms with Crippen molar-refractivity contribution < 1.29 is 4.79 Å². The molecule has 1 rings (SSSR count). The third kappa shape index (κ3) is 3.46. The van der Waals surface area contributed by atoms with Crippen LogP contribution in [0.2, 0.25) is 0 Å². The topological polar surface area (TPSA) is 44.4 Å². The second-order valence-corrected chi connectivity index (χ2v) is 5.09. The van der Waals surface area contributed by atoms with Crippen LogP contribution in [0, 0.1) is 5.92 Å². The summed E-state index contributed by atoms with van der Waals surface area (Å²) in [7, 11) is 1.90. The highest BCUT2D eigenvalue weighted by Crippen LogP contribution is 2.14. The fourth-order valence-electron chi connectivity index (χ4n) is 2.28. The maximum atomic E-state index is 11.9. The van der Waals surface area contributed by atoms with Crippen LogP contribution in [0.5, 0.6) is 0 Å². The minimum absolute atomic E-state index is 0.0232. The van der Waals surface area contributed by atoms with E-state index in [0.717, 1.165) is 26.1 Å². The molecule has 2 unspecified atom stereocenters. The number of nitrogens with one attached hydrogen (secondary N) is 2. The first kappa shape index (κ1) is 13.5. The zero-order valence-electron chi connectivity index (χ0n) is 10.9. The third-order valence-corrected chi connectivity index (χ3v) is 3.10. The summed E-state index contributed by atoms with van der Waals surface area (Å²) >= 11 is 0. The molecule has 2 N–H and O–H groups in total. The first-order valence-corrected chi connectivity index (χ1v) is 6.24. The molecule has 0 radical (unpaired) electrons. The molecule has 4 heteroatoms. The molecule has 1 aliphatic heterocycles. The molecule has 94 valence electrons. The van der Waals surface area contributed by atoms with Crippen molar-refractivity contribution in [1.29, 1.82) is 0 Å². The molecule has 0 aromatic rings. The van der Waals surface area contributed by atoms with Crippen LogP contribution in [0.1, 0.15) is 27.2 Å². The molecular weight excluding hydrogens is 202 g/mol. The van der Waals surface area contributed by atoms with Crippen LogP contribution < -0.4 is 10.6 Å². The minimum Gasteiger partial charge on any atom is -0.355 e. The summed E-state index contributed by atoms with van der Waals surface area (Å²) in [6, 6.07) is 0.449. The van der Waals surface area contributed by atoms with Crippen LogP contribution in [0.4, 0.5) is 0 Å². The number of carbonyl (C=O) groups is 1. The lowest BCUT2D eigenvalue weighted by atomic mass is 10.1. The molecular formula is C12H25N3O. The number of nitrogens with zero attached hydrogens (tertiary/aromatic N) is 1. The van der Waals surface area contributed by atoms with E-state index < -0.39 is 0 Å². The van der Waals surface area contributed by atoms with Crippen LogP contribution >= 0.6 is 0 Å².